The molecule has 1 heterocycles. The van der Waals surface area contributed by atoms with Crippen LogP contribution >= 0.6 is 0 Å². The van der Waals surface area contributed by atoms with Crippen molar-refractivity contribution >= 4 is 11.9 Å². The summed E-state index contributed by atoms with van der Waals surface area (Å²) in [7, 11) is 0. The van der Waals surface area contributed by atoms with Crippen LogP contribution in [0.2, 0.25) is 0 Å². The molecular weight excluding hydrogens is 232 g/mol. The average Bonchev–Trinajstić information content (AvgIpc) is 3.18. The quantitative estimate of drug-likeness (QED) is 0.676. The Bertz CT molecular complexity index is 344. The van der Waals surface area contributed by atoms with Gasteiger partial charge < -0.3 is 15.7 Å². The van der Waals surface area contributed by atoms with Crippen molar-refractivity contribution in [2.45, 2.75) is 39.0 Å². The summed E-state index contributed by atoms with van der Waals surface area (Å²) in [6, 6.07) is 0. The van der Waals surface area contributed by atoms with Crippen molar-refractivity contribution in [3.8, 4) is 0 Å². The van der Waals surface area contributed by atoms with Gasteiger partial charge in [0.05, 0.1) is 10.8 Å². The van der Waals surface area contributed by atoms with Crippen LogP contribution in [-0.2, 0) is 9.59 Å². The predicted molar refractivity (Wildman–Crippen MR) is 67.1 cm³/mol. The fraction of sp³-hybridized carbons (Fsp3) is 0.846. The van der Waals surface area contributed by atoms with Crippen molar-refractivity contribution < 1.29 is 14.7 Å². The molecule has 102 valence electrons. The van der Waals surface area contributed by atoms with E-state index in [1.54, 1.807) is 0 Å². The maximum Gasteiger partial charge on any atom is 0.311 e. The Balaban J connectivity index is 1.92. The van der Waals surface area contributed by atoms with E-state index in [1.807, 2.05) is 6.92 Å². The van der Waals surface area contributed by atoms with Crippen LogP contribution in [0, 0.1) is 10.8 Å². The Hall–Kier alpha value is -1.10. The minimum absolute atomic E-state index is 0.0408. The largest absolute Gasteiger partial charge is 0.481 e. The van der Waals surface area contributed by atoms with Crippen LogP contribution in [0.3, 0.4) is 0 Å². The minimum atomic E-state index is -0.779. The molecule has 2 rings (SSSR count). The predicted octanol–water partition coefficient (Wildman–Crippen LogP) is 0.747. The lowest BCUT2D eigenvalue weighted by atomic mass is 9.76. The molecule has 0 aromatic rings. The van der Waals surface area contributed by atoms with E-state index < -0.39 is 11.4 Å². The standard InChI is InChI=1S/C13H22N2O3/c1-2-12(5-7-14-8-6-12)10(16)15-9-13(3-4-13)11(17)18/h14H,2-9H2,1H3,(H,15,16)(H,17,18). The second kappa shape index (κ2) is 4.88. The summed E-state index contributed by atoms with van der Waals surface area (Å²) in [6.07, 6.45) is 3.87. The van der Waals surface area contributed by atoms with Gasteiger partial charge >= 0.3 is 5.97 Å². The van der Waals surface area contributed by atoms with E-state index in [2.05, 4.69) is 10.6 Å². The fourth-order valence-electron chi connectivity index (χ4n) is 2.70. The van der Waals surface area contributed by atoms with Gasteiger partial charge in [0.2, 0.25) is 5.91 Å². The molecule has 5 heteroatoms. The first-order valence-corrected chi connectivity index (χ1v) is 6.77. The number of carboxylic acids is 1. The minimum Gasteiger partial charge on any atom is -0.481 e. The van der Waals surface area contributed by atoms with Crippen LogP contribution in [0.5, 0.6) is 0 Å². The lowest BCUT2D eigenvalue weighted by Crippen LogP contribution is -2.49. The summed E-state index contributed by atoms with van der Waals surface area (Å²) in [5, 5.41) is 15.2. The number of hydrogen-bond acceptors (Lipinski definition) is 3. The Morgan fingerprint density at radius 3 is 2.22 bits per heavy atom. The Kier molecular flexibility index (Phi) is 3.61. The first kappa shape index (κ1) is 13.3. The average molecular weight is 254 g/mol. The van der Waals surface area contributed by atoms with E-state index in [4.69, 9.17) is 5.11 Å². The van der Waals surface area contributed by atoms with E-state index in [-0.39, 0.29) is 17.9 Å². The maximum atomic E-state index is 12.3. The lowest BCUT2D eigenvalue weighted by molar-refractivity contribution is -0.143. The molecular formula is C13H22N2O3. The van der Waals surface area contributed by atoms with Gasteiger partial charge in [0.25, 0.3) is 0 Å². The molecule has 5 nitrogen and oxygen atoms in total. The second-order valence-corrected chi connectivity index (χ2v) is 5.65. The molecule has 3 N–H and O–H groups in total. The third-order valence-electron chi connectivity index (χ3n) is 4.61. The van der Waals surface area contributed by atoms with Gasteiger partial charge in [-0.25, -0.2) is 0 Å². The van der Waals surface area contributed by atoms with Gasteiger partial charge in [-0.15, -0.1) is 0 Å². The molecule has 1 aliphatic heterocycles. The highest BCUT2D eigenvalue weighted by Crippen LogP contribution is 2.45. The van der Waals surface area contributed by atoms with Crippen molar-refractivity contribution in [2.24, 2.45) is 10.8 Å². The van der Waals surface area contributed by atoms with Crippen molar-refractivity contribution in [2.75, 3.05) is 19.6 Å². The third kappa shape index (κ3) is 2.36. The summed E-state index contributed by atoms with van der Waals surface area (Å²) in [5.41, 5.74) is -0.961. The number of carbonyl (C=O) groups excluding carboxylic acids is 1. The maximum absolute atomic E-state index is 12.3. The molecule has 2 aliphatic rings. The topological polar surface area (TPSA) is 78.4 Å². The van der Waals surface area contributed by atoms with Crippen LogP contribution in [0.25, 0.3) is 0 Å². The van der Waals surface area contributed by atoms with Gasteiger partial charge in [0.1, 0.15) is 0 Å². The van der Waals surface area contributed by atoms with Gasteiger partial charge in [0, 0.05) is 6.54 Å². The zero-order valence-corrected chi connectivity index (χ0v) is 10.9. The molecule has 1 saturated heterocycles. The molecule has 2 fully saturated rings. The first-order valence-electron chi connectivity index (χ1n) is 6.77. The van der Waals surface area contributed by atoms with E-state index in [1.165, 1.54) is 0 Å². The summed E-state index contributed by atoms with van der Waals surface area (Å²) in [4.78, 5) is 23.4. The Morgan fingerprint density at radius 2 is 1.78 bits per heavy atom. The van der Waals surface area contributed by atoms with Gasteiger partial charge in [-0.1, -0.05) is 6.92 Å². The van der Waals surface area contributed by atoms with E-state index in [0.29, 0.717) is 12.8 Å². The number of carbonyl (C=O) groups is 2. The lowest BCUT2D eigenvalue weighted by Gasteiger charge is -2.35. The molecule has 0 radical (unpaired) electrons. The van der Waals surface area contributed by atoms with Crippen LogP contribution in [0.1, 0.15) is 39.0 Å². The van der Waals surface area contributed by atoms with Crippen LogP contribution in [-0.4, -0.2) is 36.6 Å². The first-order chi connectivity index (χ1) is 8.55. The SMILES string of the molecule is CCC1(C(=O)NCC2(C(=O)O)CC2)CCNCC1. The Morgan fingerprint density at radius 1 is 1.17 bits per heavy atom. The van der Waals surface area contributed by atoms with Crippen molar-refractivity contribution in [3.05, 3.63) is 0 Å². The van der Waals surface area contributed by atoms with Crippen molar-refractivity contribution in [1.82, 2.24) is 10.6 Å². The summed E-state index contributed by atoms with van der Waals surface area (Å²) >= 11 is 0. The van der Waals surface area contributed by atoms with Gasteiger partial charge in [0.15, 0.2) is 0 Å². The molecule has 0 unspecified atom stereocenters. The van der Waals surface area contributed by atoms with E-state index in [9.17, 15) is 9.59 Å². The highest BCUT2D eigenvalue weighted by molar-refractivity contribution is 5.84. The summed E-state index contributed by atoms with van der Waals surface area (Å²) in [5.74, 6) is -0.738. The summed E-state index contributed by atoms with van der Waals surface area (Å²) < 4.78 is 0. The third-order valence-corrected chi connectivity index (χ3v) is 4.61. The second-order valence-electron chi connectivity index (χ2n) is 5.65. The molecule has 0 bridgehead atoms. The molecule has 0 atom stereocenters. The number of aliphatic carboxylic acids is 1. The molecule has 0 aromatic carbocycles. The van der Waals surface area contributed by atoms with Crippen LogP contribution < -0.4 is 10.6 Å². The monoisotopic (exact) mass is 254 g/mol. The van der Waals surface area contributed by atoms with Crippen molar-refractivity contribution in [3.63, 3.8) is 0 Å². The molecule has 1 saturated carbocycles. The molecule has 1 amide bonds. The van der Waals surface area contributed by atoms with Crippen LogP contribution in [0.15, 0.2) is 0 Å². The molecule has 1 aliphatic carbocycles. The number of amides is 1. The molecule has 18 heavy (non-hydrogen) atoms. The summed E-state index contributed by atoms with van der Waals surface area (Å²) in [6.45, 7) is 4.06. The van der Waals surface area contributed by atoms with Gasteiger partial charge in [-0.3, -0.25) is 9.59 Å². The van der Waals surface area contributed by atoms with E-state index >= 15 is 0 Å². The van der Waals surface area contributed by atoms with E-state index in [0.717, 1.165) is 32.4 Å². The Labute approximate surface area is 107 Å². The number of carboxylic acid groups (broad SMARTS) is 1. The smallest absolute Gasteiger partial charge is 0.311 e. The van der Waals surface area contributed by atoms with Gasteiger partial charge in [-0.2, -0.15) is 0 Å². The normalized spacial score (nSPS) is 24.3. The zero-order valence-electron chi connectivity index (χ0n) is 10.9. The van der Waals surface area contributed by atoms with Crippen LogP contribution in [0.4, 0.5) is 0 Å². The zero-order chi connectivity index (χ0) is 13.2. The number of nitrogens with one attached hydrogen (secondary N) is 2. The molecule has 0 aromatic heterocycles. The fourth-order valence-corrected chi connectivity index (χ4v) is 2.70. The highest BCUT2D eigenvalue weighted by Gasteiger charge is 2.51. The number of hydrogen-bond donors (Lipinski definition) is 3. The van der Waals surface area contributed by atoms with Gasteiger partial charge in [-0.05, 0) is 45.2 Å². The molecule has 0 spiro atoms. The number of rotatable bonds is 5. The number of piperidine rings is 1. The van der Waals surface area contributed by atoms with Crippen molar-refractivity contribution in [1.29, 1.82) is 0 Å². The highest BCUT2D eigenvalue weighted by atomic mass is 16.4.